The molecule has 0 fully saturated rings. The van der Waals surface area contributed by atoms with Gasteiger partial charge in [0.1, 0.15) is 6.10 Å². The Kier molecular flexibility index (Phi) is 5.41. The van der Waals surface area contributed by atoms with Crippen molar-refractivity contribution in [1.29, 1.82) is 0 Å². The van der Waals surface area contributed by atoms with Crippen molar-refractivity contribution in [3.05, 3.63) is 42.1 Å². The summed E-state index contributed by atoms with van der Waals surface area (Å²) >= 11 is 12.1. The van der Waals surface area contributed by atoms with Gasteiger partial charge in [0, 0.05) is 28.4 Å². The van der Waals surface area contributed by atoms with E-state index in [4.69, 9.17) is 16.3 Å². The van der Waals surface area contributed by atoms with E-state index in [1.165, 1.54) is 22.7 Å². The molecule has 2 heterocycles. The summed E-state index contributed by atoms with van der Waals surface area (Å²) in [5, 5.41) is 4.74. The second-order valence-corrected chi connectivity index (χ2v) is 7.28. The topological polar surface area (TPSA) is 38.3 Å². The predicted molar refractivity (Wildman–Crippen MR) is 83.4 cm³/mol. The van der Waals surface area contributed by atoms with Gasteiger partial charge in [0.2, 0.25) is 0 Å². The van der Waals surface area contributed by atoms with Crippen LogP contribution >= 0.6 is 50.2 Å². The molecule has 2 aromatic rings. The Bertz CT molecular complexity index is 570. The van der Waals surface area contributed by atoms with Gasteiger partial charge in [-0.2, -0.15) is 0 Å². The lowest BCUT2D eigenvalue weighted by molar-refractivity contribution is 0.0841. The number of amides is 1. The zero-order valence-electron chi connectivity index (χ0n) is 9.98. The van der Waals surface area contributed by atoms with Gasteiger partial charge in [-0.05, 0) is 34.1 Å². The third-order valence-corrected chi connectivity index (χ3v) is 5.45. The molecule has 2 rings (SSSR count). The highest BCUT2D eigenvalue weighted by Gasteiger charge is 2.15. The van der Waals surface area contributed by atoms with Gasteiger partial charge in [-0.3, -0.25) is 4.79 Å². The SMILES string of the molecule is COC(CNC(=O)c1cc(Br)cs1)c1ccc(Cl)s1. The summed E-state index contributed by atoms with van der Waals surface area (Å²) in [5.41, 5.74) is 0. The Labute approximate surface area is 132 Å². The third kappa shape index (κ3) is 4.03. The van der Waals surface area contributed by atoms with Crippen LogP contribution in [0.3, 0.4) is 0 Å². The van der Waals surface area contributed by atoms with Crippen LogP contribution in [0.1, 0.15) is 20.7 Å². The Morgan fingerprint density at radius 2 is 2.37 bits per heavy atom. The number of rotatable bonds is 5. The molecular weight excluding hydrogens is 370 g/mol. The maximum Gasteiger partial charge on any atom is 0.261 e. The van der Waals surface area contributed by atoms with E-state index >= 15 is 0 Å². The molecule has 0 spiro atoms. The first-order valence-corrected chi connectivity index (χ1v) is 8.27. The van der Waals surface area contributed by atoms with E-state index in [0.717, 1.165) is 9.35 Å². The van der Waals surface area contributed by atoms with E-state index in [0.29, 0.717) is 15.8 Å². The summed E-state index contributed by atoms with van der Waals surface area (Å²) < 4.78 is 7.00. The first kappa shape index (κ1) is 15.0. The van der Waals surface area contributed by atoms with E-state index in [2.05, 4.69) is 21.2 Å². The van der Waals surface area contributed by atoms with Crippen LogP contribution in [-0.2, 0) is 4.74 Å². The summed E-state index contributed by atoms with van der Waals surface area (Å²) in [7, 11) is 1.62. The first-order valence-electron chi connectivity index (χ1n) is 5.40. The lowest BCUT2D eigenvalue weighted by Crippen LogP contribution is -2.28. The fourth-order valence-corrected chi connectivity index (χ4v) is 3.99. The summed E-state index contributed by atoms with van der Waals surface area (Å²) in [6, 6.07) is 5.53. The van der Waals surface area contributed by atoms with Gasteiger partial charge in [0.15, 0.2) is 0 Å². The van der Waals surface area contributed by atoms with E-state index in [-0.39, 0.29) is 12.0 Å². The monoisotopic (exact) mass is 379 g/mol. The minimum atomic E-state index is -0.176. The minimum absolute atomic E-state index is 0.0968. The number of hydrogen-bond acceptors (Lipinski definition) is 4. The van der Waals surface area contributed by atoms with Crippen molar-refractivity contribution in [1.82, 2.24) is 5.32 Å². The lowest BCUT2D eigenvalue weighted by Gasteiger charge is -2.14. The first-order chi connectivity index (χ1) is 9.10. The van der Waals surface area contributed by atoms with Crippen molar-refractivity contribution >= 4 is 56.1 Å². The van der Waals surface area contributed by atoms with Crippen molar-refractivity contribution in [3.63, 3.8) is 0 Å². The zero-order chi connectivity index (χ0) is 13.8. The summed E-state index contributed by atoms with van der Waals surface area (Å²) in [6.07, 6.45) is -0.176. The molecule has 0 aromatic carbocycles. The van der Waals surface area contributed by atoms with Crippen LogP contribution in [0.5, 0.6) is 0 Å². The van der Waals surface area contributed by atoms with Crippen LogP contribution in [0.25, 0.3) is 0 Å². The maximum absolute atomic E-state index is 11.9. The predicted octanol–water partition coefficient (Wildman–Crippen LogP) is 4.34. The molecule has 0 aliphatic rings. The van der Waals surface area contributed by atoms with Crippen molar-refractivity contribution in [2.45, 2.75) is 6.10 Å². The average molecular weight is 381 g/mol. The molecule has 0 bridgehead atoms. The van der Waals surface area contributed by atoms with Crippen LogP contribution < -0.4 is 5.32 Å². The van der Waals surface area contributed by atoms with Crippen molar-refractivity contribution in [3.8, 4) is 0 Å². The molecule has 102 valence electrons. The second-order valence-electron chi connectivity index (χ2n) is 3.71. The number of nitrogens with one attached hydrogen (secondary N) is 1. The van der Waals surface area contributed by atoms with Crippen molar-refractivity contribution in [2.24, 2.45) is 0 Å². The molecule has 1 unspecified atom stereocenters. The Hall–Kier alpha value is -0.400. The molecule has 7 heteroatoms. The van der Waals surface area contributed by atoms with E-state index < -0.39 is 0 Å². The van der Waals surface area contributed by atoms with Gasteiger partial charge in [-0.15, -0.1) is 22.7 Å². The molecule has 0 radical (unpaired) electrons. The molecule has 0 aliphatic heterocycles. The molecule has 0 saturated heterocycles. The fourth-order valence-electron chi connectivity index (χ4n) is 1.51. The normalized spacial score (nSPS) is 12.4. The van der Waals surface area contributed by atoms with Crippen molar-refractivity contribution in [2.75, 3.05) is 13.7 Å². The molecule has 0 aliphatic carbocycles. The second kappa shape index (κ2) is 6.85. The van der Waals surface area contributed by atoms with Crippen molar-refractivity contribution < 1.29 is 9.53 Å². The molecule has 0 saturated carbocycles. The highest BCUT2D eigenvalue weighted by Crippen LogP contribution is 2.28. The van der Waals surface area contributed by atoms with Gasteiger partial charge in [0.05, 0.1) is 9.21 Å². The summed E-state index contributed by atoms with van der Waals surface area (Å²) in [4.78, 5) is 13.6. The number of carbonyl (C=O) groups excluding carboxylic acids is 1. The van der Waals surface area contributed by atoms with E-state index in [9.17, 15) is 4.79 Å². The molecule has 1 N–H and O–H groups in total. The van der Waals surface area contributed by atoms with Gasteiger partial charge < -0.3 is 10.1 Å². The Balaban J connectivity index is 1.95. The Morgan fingerprint density at radius 1 is 1.58 bits per heavy atom. The molecule has 19 heavy (non-hydrogen) atoms. The molecular formula is C12H11BrClNO2S2. The quantitative estimate of drug-likeness (QED) is 0.838. The standard InChI is InChI=1S/C12H11BrClNO2S2/c1-17-8(9-2-3-11(14)19-9)5-15-12(16)10-4-7(13)6-18-10/h2-4,6,8H,5H2,1H3,(H,15,16). The van der Waals surface area contributed by atoms with Crippen LogP contribution in [0.15, 0.2) is 28.1 Å². The Morgan fingerprint density at radius 3 is 2.89 bits per heavy atom. The number of halogens is 2. The lowest BCUT2D eigenvalue weighted by atomic mass is 10.3. The van der Waals surface area contributed by atoms with Crippen LogP contribution in [0.4, 0.5) is 0 Å². The number of thiophene rings is 2. The van der Waals surface area contributed by atoms with Gasteiger partial charge in [-0.1, -0.05) is 11.6 Å². The number of methoxy groups -OCH3 is 1. The van der Waals surface area contributed by atoms with Gasteiger partial charge >= 0.3 is 0 Å². The van der Waals surface area contributed by atoms with E-state index in [1.807, 2.05) is 17.5 Å². The average Bonchev–Trinajstić information content (AvgIpc) is 2.99. The summed E-state index contributed by atoms with van der Waals surface area (Å²) in [6.45, 7) is 0.418. The smallest absolute Gasteiger partial charge is 0.261 e. The highest BCUT2D eigenvalue weighted by atomic mass is 79.9. The molecule has 2 aromatic heterocycles. The third-order valence-electron chi connectivity index (χ3n) is 2.44. The number of ether oxygens (including phenoxy) is 1. The van der Waals surface area contributed by atoms with Gasteiger partial charge in [0.25, 0.3) is 5.91 Å². The minimum Gasteiger partial charge on any atom is -0.374 e. The fraction of sp³-hybridized carbons (Fsp3) is 0.250. The van der Waals surface area contributed by atoms with Gasteiger partial charge in [-0.25, -0.2) is 0 Å². The van der Waals surface area contributed by atoms with Crippen LogP contribution in [-0.4, -0.2) is 19.6 Å². The van der Waals surface area contributed by atoms with Crippen LogP contribution in [0, 0.1) is 0 Å². The number of hydrogen-bond donors (Lipinski definition) is 1. The van der Waals surface area contributed by atoms with Crippen LogP contribution in [0.2, 0.25) is 4.34 Å². The molecule has 1 amide bonds. The number of carbonyl (C=O) groups is 1. The highest BCUT2D eigenvalue weighted by molar-refractivity contribution is 9.10. The largest absolute Gasteiger partial charge is 0.374 e. The molecule has 1 atom stereocenters. The zero-order valence-corrected chi connectivity index (χ0v) is 14.0. The molecule has 3 nitrogen and oxygen atoms in total. The van der Waals surface area contributed by atoms with E-state index in [1.54, 1.807) is 13.2 Å². The summed E-state index contributed by atoms with van der Waals surface area (Å²) in [5.74, 6) is -0.0968. The maximum atomic E-state index is 11.9.